The average molecular weight is 262 g/mol. The summed E-state index contributed by atoms with van der Waals surface area (Å²) in [5, 5.41) is 2.67. The second-order valence-corrected chi connectivity index (χ2v) is 4.56. The molecular formula is C14H14Br. The molecule has 0 heterocycles. The van der Waals surface area contributed by atoms with Crippen molar-refractivity contribution in [2.24, 2.45) is 0 Å². The Morgan fingerprint density at radius 3 is 2.53 bits per heavy atom. The van der Waals surface area contributed by atoms with E-state index in [0.29, 0.717) is 0 Å². The normalized spacial score (nSPS) is 10.8. The first kappa shape index (κ1) is 10.7. The van der Waals surface area contributed by atoms with Crippen LogP contribution in [-0.2, 0) is 6.42 Å². The van der Waals surface area contributed by atoms with Crippen LogP contribution >= 0.6 is 15.9 Å². The second-order valence-electron chi connectivity index (χ2n) is 3.71. The molecule has 0 nitrogen and oxygen atoms in total. The average Bonchev–Trinajstić information content (AvgIpc) is 2.27. The Bertz CT molecular complexity index is 460. The van der Waals surface area contributed by atoms with Crippen LogP contribution in [0, 0.1) is 6.92 Å². The van der Waals surface area contributed by atoms with Gasteiger partial charge < -0.3 is 0 Å². The molecular weight excluding hydrogens is 248 g/mol. The monoisotopic (exact) mass is 261 g/mol. The van der Waals surface area contributed by atoms with Crippen LogP contribution in [0.15, 0.2) is 40.9 Å². The quantitative estimate of drug-likeness (QED) is 0.748. The number of fused-ring (bicyclic) bond motifs is 1. The summed E-state index contributed by atoms with van der Waals surface area (Å²) in [5.41, 5.74) is 1.43. The predicted octanol–water partition coefficient (Wildman–Crippen LogP) is 4.76. The van der Waals surface area contributed by atoms with E-state index >= 15 is 0 Å². The maximum absolute atomic E-state index is 3.89. The van der Waals surface area contributed by atoms with E-state index in [4.69, 9.17) is 0 Å². The number of hydrogen-bond donors (Lipinski definition) is 0. The molecule has 0 unspecified atom stereocenters. The number of rotatable bonds is 3. The SMILES string of the molecule is [CH2]CCCc1cccc2c(Br)cccc12. The summed E-state index contributed by atoms with van der Waals surface area (Å²) in [6, 6.07) is 12.9. The minimum atomic E-state index is 1.00. The molecule has 0 amide bonds. The molecule has 0 aliphatic heterocycles. The van der Waals surface area contributed by atoms with Gasteiger partial charge in [-0.15, -0.1) is 0 Å². The van der Waals surface area contributed by atoms with E-state index in [1.54, 1.807) is 0 Å². The molecule has 0 atom stereocenters. The lowest BCUT2D eigenvalue weighted by molar-refractivity contribution is 0.846. The molecule has 0 N–H and O–H groups in total. The lowest BCUT2D eigenvalue weighted by Gasteiger charge is -2.06. The van der Waals surface area contributed by atoms with Crippen LogP contribution in [0.25, 0.3) is 10.8 Å². The van der Waals surface area contributed by atoms with Gasteiger partial charge in [-0.2, -0.15) is 0 Å². The molecule has 15 heavy (non-hydrogen) atoms. The summed E-state index contributed by atoms with van der Waals surface area (Å²) in [7, 11) is 0. The maximum atomic E-state index is 3.89. The van der Waals surface area contributed by atoms with Gasteiger partial charge in [0.05, 0.1) is 0 Å². The Morgan fingerprint density at radius 1 is 1.00 bits per heavy atom. The third-order valence-corrected chi connectivity index (χ3v) is 3.35. The van der Waals surface area contributed by atoms with Gasteiger partial charge in [0.1, 0.15) is 0 Å². The van der Waals surface area contributed by atoms with Gasteiger partial charge in [0.15, 0.2) is 0 Å². The van der Waals surface area contributed by atoms with Crippen molar-refractivity contribution in [1.29, 1.82) is 0 Å². The van der Waals surface area contributed by atoms with Crippen molar-refractivity contribution in [2.75, 3.05) is 0 Å². The van der Waals surface area contributed by atoms with Crippen molar-refractivity contribution in [2.45, 2.75) is 19.3 Å². The Morgan fingerprint density at radius 2 is 1.73 bits per heavy atom. The summed E-state index contributed by atoms with van der Waals surface area (Å²) in [6.07, 6.45) is 3.29. The van der Waals surface area contributed by atoms with E-state index in [1.807, 2.05) is 0 Å². The van der Waals surface area contributed by atoms with Gasteiger partial charge in [-0.05, 0) is 35.2 Å². The van der Waals surface area contributed by atoms with Gasteiger partial charge in [0, 0.05) is 4.47 Å². The van der Waals surface area contributed by atoms with E-state index in [1.165, 1.54) is 20.8 Å². The fourth-order valence-electron chi connectivity index (χ4n) is 1.87. The van der Waals surface area contributed by atoms with Gasteiger partial charge in [-0.1, -0.05) is 59.6 Å². The maximum Gasteiger partial charge on any atom is 0.0253 e. The molecule has 0 aliphatic carbocycles. The predicted molar refractivity (Wildman–Crippen MR) is 69.9 cm³/mol. The fourth-order valence-corrected chi connectivity index (χ4v) is 2.37. The van der Waals surface area contributed by atoms with E-state index in [0.717, 1.165) is 19.3 Å². The van der Waals surface area contributed by atoms with Crippen LogP contribution in [0.1, 0.15) is 18.4 Å². The molecule has 0 aromatic heterocycles. The summed E-state index contributed by atoms with van der Waals surface area (Å²) in [5.74, 6) is 0. The molecule has 0 saturated heterocycles. The highest BCUT2D eigenvalue weighted by molar-refractivity contribution is 9.10. The minimum absolute atomic E-state index is 1.00. The molecule has 0 saturated carbocycles. The van der Waals surface area contributed by atoms with Crippen LogP contribution in [0.2, 0.25) is 0 Å². The summed E-state index contributed by atoms with van der Waals surface area (Å²) in [6.45, 7) is 3.89. The molecule has 1 radical (unpaired) electrons. The Labute approximate surface area is 99.4 Å². The fraction of sp³-hybridized carbons (Fsp3) is 0.214. The molecule has 2 aromatic rings. The van der Waals surface area contributed by atoms with Crippen LogP contribution < -0.4 is 0 Å². The first-order valence-electron chi connectivity index (χ1n) is 5.28. The van der Waals surface area contributed by atoms with Crippen molar-refractivity contribution < 1.29 is 0 Å². The highest BCUT2D eigenvalue weighted by Crippen LogP contribution is 2.26. The van der Waals surface area contributed by atoms with Gasteiger partial charge in [0.2, 0.25) is 0 Å². The van der Waals surface area contributed by atoms with Gasteiger partial charge in [-0.3, -0.25) is 0 Å². The molecule has 0 fully saturated rings. The van der Waals surface area contributed by atoms with Crippen molar-refractivity contribution in [1.82, 2.24) is 0 Å². The number of benzene rings is 2. The van der Waals surface area contributed by atoms with E-state index in [9.17, 15) is 0 Å². The van der Waals surface area contributed by atoms with Crippen molar-refractivity contribution in [3.8, 4) is 0 Å². The Hall–Kier alpha value is -0.820. The number of hydrogen-bond acceptors (Lipinski definition) is 0. The third kappa shape index (κ3) is 2.23. The molecule has 1 heteroatoms. The lowest BCUT2D eigenvalue weighted by atomic mass is 10.0. The first-order chi connectivity index (χ1) is 7.33. The third-order valence-electron chi connectivity index (χ3n) is 2.66. The zero-order chi connectivity index (χ0) is 10.7. The van der Waals surface area contributed by atoms with Gasteiger partial charge in [0.25, 0.3) is 0 Å². The zero-order valence-electron chi connectivity index (χ0n) is 8.67. The van der Waals surface area contributed by atoms with E-state index in [-0.39, 0.29) is 0 Å². The van der Waals surface area contributed by atoms with E-state index in [2.05, 4.69) is 59.3 Å². The number of halogens is 1. The van der Waals surface area contributed by atoms with E-state index < -0.39 is 0 Å². The molecule has 2 aromatic carbocycles. The summed E-state index contributed by atoms with van der Waals surface area (Å²) in [4.78, 5) is 0. The molecule has 77 valence electrons. The Kier molecular flexibility index (Phi) is 3.42. The standard InChI is InChI=1S/C14H14Br/c1-2-3-6-11-7-4-9-13-12(11)8-5-10-14(13)15/h4-5,7-10H,1-3,6H2. The van der Waals surface area contributed by atoms with Crippen molar-refractivity contribution >= 4 is 26.7 Å². The summed E-state index contributed by atoms with van der Waals surface area (Å²) < 4.78 is 1.18. The second kappa shape index (κ2) is 4.80. The topological polar surface area (TPSA) is 0 Å². The largest absolute Gasteiger partial charge is 0.0613 e. The highest BCUT2D eigenvalue weighted by Gasteiger charge is 2.02. The lowest BCUT2D eigenvalue weighted by Crippen LogP contribution is -1.87. The van der Waals surface area contributed by atoms with Crippen LogP contribution in [-0.4, -0.2) is 0 Å². The molecule has 2 rings (SSSR count). The van der Waals surface area contributed by atoms with Crippen LogP contribution in [0.5, 0.6) is 0 Å². The first-order valence-corrected chi connectivity index (χ1v) is 6.07. The van der Waals surface area contributed by atoms with Crippen LogP contribution in [0.3, 0.4) is 0 Å². The van der Waals surface area contributed by atoms with Crippen molar-refractivity contribution in [3.63, 3.8) is 0 Å². The molecule has 0 spiro atoms. The van der Waals surface area contributed by atoms with Crippen molar-refractivity contribution in [3.05, 3.63) is 53.4 Å². The number of aryl methyl sites for hydroxylation is 1. The van der Waals surface area contributed by atoms with Gasteiger partial charge >= 0.3 is 0 Å². The van der Waals surface area contributed by atoms with Gasteiger partial charge in [-0.25, -0.2) is 0 Å². The molecule has 0 bridgehead atoms. The molecule has 0 aliphatic rings. The smallest absolute Gasteiger partial charge is 0.0253 e. The summed E-state index contributed by atoms with van der Waals surface area (Å²) >= 11 is 3.59. The minimum Gasteiger partial charge on any atom is -0.0613 e. The number of unbranched alkanes of at least 4 members (excludes halogenated alkanes) is 1. The van der Waals surface area contributed by atoms with Crippen LogP contribution in [0.4, 0.5) is 0 Å². The zero-order valence-corrected chi connectivity index (χ0v) is 10.3. The Balaban J connectivity index is 2.51. The highest BCUT2D eigenvalue weighted by atomic mass is 79.9.